The Morgan fingerprint density at radius 2 is 1.62 bits per heavy atom. The molecule has 1 aromatic carbocycles. The van der Waals surface area contributed by atoms with Crippen LogP contribution in [0.2, 0.25) is 0 Å². The van der Waals surface area contributed by atoms with Gasteiger partial charge in [0.05, 0.1) is 11.8 Å². The third-order valence-electron chi connectivity index (χ3n) is 5.23. The summed E-state index contributed by atoms with van der Waals surface area (Å²) in [4.78, 5) is 25.8. The zero-order chi connectivity index (χ0) is 25.9. The molecule has 10 nitrogen and oxygen atoms in total. The molecule has 12 heteroatoms. The van der Waals surface area contributed by atoms with E-state index in [1.807, 2.05) is 44.2 Å². The monoisotopic (exact) mass is 519 g/mol. The maximum Gasteiger partial charge on any atom is 0.346 e. The average molecular weight is 520 g/mol. The molecular formula is C22H38N3O7PS. The minimum Gasteiger partial charge on any atom is -0.357 e. The van der Waals surface area contributed by atoms with Crippen LogP contribution in [-0.4, -0.2) is 71.4 Å². The molecule has 0 saturated carbocycles. The summed E-state index contributed by atoms with van der Waals surface area (Å²) in [5, 5.41) is 8.35. The predicted octanol–water partition coefficient (Wildman–Crippen LogP) is 1.71. The van der Waals surface area contributed by atoms with Crippen molar-refractivity contribution in [3.63, 3.8) is 0 Å². The Morgan fingerprint density at radius 1 is 1.03 bits per heavy atom. The summed E-state index contributed by atoms with van der Waals surface area (Å²) >= 11 is 0. The van der Waals surface area contributed by atoms with Crippen LogP contribution in [0, 0.1) is 5.92 Å². The van der Waals surface area contributed by atoms with Crippen LogP contribution in [0.15, 0.2) is 30.3 Å². The number of likely N-dealkylation sites (N-methyl/N-ethyl adjacent to an activating group) is 1. The molecule has 3 atom stereocenters. The van der Waals surface area contributed by atoms with Crippen molar-refractivity contribution in [1.29, 1.82) is 0 Å². The SMILES string of the molecule is CNC(=O)[C@H](Cc1ccccc1)NC(=O)[C@H](CC(C)C)NC(CCS(C)(=O)=O)P(=O)(OC)OC. The van der Waals surface area contributed by atoms with Gasteiger partial charge in [-0.25, -0.2) is 8.42 Å². The van der Waals surface area contributed by atoms with Crippen LogP contribution in [0.1, 0.15) is 32.3 Å². The van der Waals surface area contributed by atoms with Crippen molar-refractivity contribution in [3.05, 3.63) is 35.9 Å². The topological polar surface area (TPSA) is 140 Å². The predicted molar refractivity (Wildman–Crippen MR) is 132 cm³/mol. The minimum absolute atomic E-state index is 0.0656. The normalized spacial score (nSPS) is 14.9. The molecule has 2 amide bonds. The van der Waals surface area contributed by atoms with Gasteiger partial charge in [0.15, 0.2) is 0 Å². The fourth-order valence-corrected chi connectivity index (χ4v) is 5.75. The smallest absolute Gasteiger partial charge is 0.346 e. The van der Waals surface area contributed by atoms with Gasteiger partial charge in [0.1, 0.15) is 21.7 Å². The molecule has 0 aromatic heterocycles. The van der Waals surface area contributed by atoms with E-state index in [0.29, 0.717) is 6.42 Å². The Labute approximate surface area is 203 Å². The molecule has 1 unspecified atom stereocenters. The Hall–Kier alpha value is -1.78. The molecule has 0 bridgehead atoms. The Balaban J connectivity index is 3.17. The first kappa shape index (κ1) is 30.3. The number of benzene rings is 1. The summed E-state index contributed by atoms with van der Waals surface area (Å²) in [6.45, 7) is 3.83. The van der Waals surface area contributed by atoms with Crippen molar-refractivity contribution in [2.24, 2.45) is 5.92 Å². The standard InChI is InChI=1S/C22H38N3O7PS/c1-16(2)14-18(24-20(12-13-34(6,29)30)33(28,31-4)32-5)22(27)25-19(21(26)23-3)15-17-10-8-7-9-11-17/h7-11,16,18-20,24H,12-15H2,1-6H3,(H,23,26)(H,25,27)/t18-,19-,20?/m0/s1. The largest absolute Gasteiger partial charge is 0.357 e. The Kier molecular flexibility index (Phi) is 12.4. The van der Waals surface area contributed by atoms with Gasteiger partial charge in [0.25, 0.3) is 0 Å². The van der Waals surface area contributed by atoms with Crippen LogP contribution < -0.4 is 16.0 Å². The average Bonchev–Trinajstić information content (AvgIpc) is 2.79. The second-order valence-electron chi connectivity index (χ2n) is 8.55. The maximum atomic E-state index is 13.3. The van der Waals surface area contributed by atoms with Crippen LogP contribution in [-0.2, 0) is 39.5 Å². The van der Waals surface area contributed by atoms with Gasteiger partial charge in [-0.3, -0.25) is 19.5 Å². The van der Waals surface area contributed by atoms with Gasteiger partial charge < -0.3 is 19.7 Å². The van der Waals surface area contributed by atoms with E-state index in [9.17, 15) is 22.6 Å². The Bertz CT molecular complexity index is 933. The number of nitrogens with one attached hydrogen (secondary N) is 3. The summed E-state index contributed by atoms with van der Waals surface area (Å²) < 4.78 is 46.8. The van der Waals surface area contributed by atoms with Crippen molar-refractivity contribution in [2.75, 3.05) is 33.3 Å². The molecule has 34 heavy (non-hydrogen) atoms. The van der Waals surface area contributed by atoms with Crippen molar-refractivity contribution in [1.82, 2.24) is 16.0 Å². The van der Waals surface area contributed by atoms with E-state index in [1.165, 1.54) is 21.3 Å². The van der Waals surface area contributed by atoms with E-state index >= 15 is 0 Å². The number of carbonyl (C=O) groups excluding carboxylic acids is 2. The molecule has 0 radical (unpaired) electrons. The number of hydrogen-bond donors (Lipinski definition) is 3. The molecule has 0 aliphatic heterocycles. The van der Waals surface area contributed by atoms with Gasteiger partial charge in [-0.2, -0.15) is 0 Å². The summed E-state index contributed by atoms with van der Waals surface area (Å²) in [7, 11) is -3.23. The van der Waals surface area contributed by atoms with Crippen LogP contribution in [0.4, 0.5) is 0 Å². The lowest BCUT2D eigenvalue weighted by Crippen LogP contribution is -2.55. The fraction of sp³-hybridized carbons (Fsp3) is 0.636. The molecule has 3 N–H and O–H groups in total. The van der Waals surface area contributed by atoms with E-state index in [1.54, 1.807) is 0 Å². The minimum atomic E-state index is -3.76. The number of carbonyl (C=O) groups is 2. The third kappa shape index (κ3) is 10.2. The number of sulfone groups is 1. The summed E-state index contributed by atoms with van der Waals surface area (Å²) in [5.74, 6) is -2.07. The lowest BCUT2D eigenvalue weighted by molar-refractivity contribution is -0.130. The van der Waals surface area contributed by atoms with E-state index in [4.69, 9.17) is 9.05 Å². The van der Waals surface area contributed by atoms with Gasteiger partial charge >= 0.3 is 7.60 Å². The van der Waals surface area contributed by atoms with Crippen LogP contribution in [0.25, 0.3) is 0 Å². The highest BCUT2D eigenvalue weighted by Crippen LogP contribution is 2.52. The second kappa shape index (κ2) is 13.9. The molecule has 1 rings (SSSR count). The molecule has 194 valence electrons. The molecule has 1 aromatic rings. The lowest BCUT2D eigenvalue weighted by Gasteiger charge is -2.30. The molecule has 0 spiro atoms. The number of rotatable bonds is 15. The van der Waals surface area contributed by atoms with Gasteiger partial charge in [-0.1, -0.05) is 44.2 Å². The molecular weight excluding hydrogens is 481 g/mol. The molecule has 0 fully saturated rings. The fourth-order valence-electron chi connectivity index (χ4n) is 3.45. The summed E-state index contributed by atoms with van der Waals surface area (Å²) in [5.41, 5.74) is 0.874. The van der Waals surface area contributed by atoms with Crippen molar-refractivity contribution in [2.45, 2.75) is 51.0 Å². The summed E-state index contributed by atoms with van der Waals surface area (Å²) in [6, 6.07) is 7.58. The lowest BCUT2D eigenvalue weighted by atomic mass is 10.0. The highest BCUT2D eigenvalue weighted by molar-refractivity contribution is 7.90. The van der Waals surface area contributed by atoms with Crippen molar-refractivity contribution >= 4 is 29.2 Å². The van der Waals surface area contributed by atoms with Crippen molar-refractivity contribution in [3.8, 4) is 0 Å². The van der Waals surface area contributed by atoms with E-state index < -0.39 is 41.2 Å². The van der Waals surface area contributed by atoms with E-state index in [-0.39, 0.29) is 30.4 Å². The molecule has 0 heterocycles. The van der Waals surface area contributed by atoms with Crippen LogP contribution in [0.3, 0.4) is 0 Å². The van der Waals surface area contributed by atoms with Gasteiger partial charge in [-0.05, 0) is 24.3 Å². The first-order valence-corrected chi connectivity index (χ1v) is 14.7. The third-order valence-corrected chi connectivity index (χ3v) is 8.40. The number of amides is 2. The summed E-state index contributed by atoms with van der Waals surface area (Å²) in [6.07, 6.45) is 1.63. The van der Waals surface area contributed by atoms with Gasteiger partial charge in [0, 0.05) is 33.9 Å². The second-order valence-corrected chi connectivity index (χ2v) is 13.2. The highest BCUT2D eigenvalue weighted by Gasteiger charge is 2.38. The quantitative estimate of drug-likeness (QED) is 0.298. The first-order valence-electron chi connectivity index (χ1n) is 11.1. The molecule has 0 saturated heterocycles. The molecule has 0 aliphatic rings. The van der Waals surface area contributed by atoms with Gasteiger partial charge in [-0.15, -0.1) is 0 Å². The van der Waals surface area contributed by atoms with Crippen LogP contribution >= 0.6 is 7.60 Å². The van der Waals surface area contributed by atoms with E-state index in [2.05, 4.69) is 16.0 Å². The first-order chi connectivity index (χ1) is 15.8. The Morgan fingerprint density at radius 3 is 2.09 bits per heavy atom. The zero-order valence-corrected chi connectivity index (χ0v) is 22.4. The maximum absolute atomic E-state index is 13.3. The number of hydrogen-bond acceptors (Lipinski definition) is 8. The van der Waals surface area contributed by atoms with Crippen molar-refractivity contribution < 1.29 is 31.6 Å². The van der Waals surface area contributed by atoms with E-state index in [0.717, 1.165) is 11.8 Å². The zero-order valence-electron chi connectivity index (χ0n) is 20.7. The van der Waals surface area contributed by atoms with Crippen LogP contribution in [0.5, 0.6) is 0 Å². The van der Waals surface area contributed by atoms with Gasteiger partial charge in [0.2, 0.25) is 11.8 Å². The highest BCUT2D eigenvalue weighted by atomic mass is 32.2. The molecule has 0 aliphatic carbocycles.